The Balaban J connectivity index is 1.39. The van der Waals surface area contributed by atoms with Gasteiger partial charge in [-0.1, -0.05) is 25.1 Å². The van der Waals surface area contributed by atoms with Crippen LogP contribution < -0.4 is 14.8 Å². The lowest BCUT2D eigenvalue weighted by atomic mass is 9.97. The summed E-state index contributed by atoms with van der Waals surface area (Å²) in [4.78, 5) is 26.0. The number of ether oxygens (including phenoxy) is 2. The predicted octanol–water partition coefficient (Wildman–Crippen LogP) is 3.47. The molecule has 0 aliphatic carbocycles. The zero-order valence-corrected chi connectivity index (χ0v) is 17.2. The lowest BCUT2D eigenvalue weighted by Crippen LogP contribution is -2.32. The summed E-state index contributed by atoms with van der Waals surface area (Å²) in [5, 5.41) is 3.41. The van der Waals surface area contributed by atoms with Gasteiger partial charge in [-0.05, 0) is 61.7 Å². The molecule has 6 heteroatoms. The molecule has 1 N–H and O–H groups in total. The maximum Gasteiger partial charge on any atom is 0.261 e. The van der Waals surface area contributed by atoms with Crippen LogP contribution in [0.4, 0.5) is 0 Å². The fourth-order valence-electron chi connectivity index (χ4n) is 3.57. The SMILES string of the molecule is COc1ccc(C(C)CCNCCCN2C(=O)c3ccccc3C2=O)cc1OC. The van der Waals surface area contributed by atoms with Gasteiger partial charge in [0, 0.05) is 6.54 Å². The van der Waals surface area contributed by atoms with Gasteiger partial charge in [-0.3, -0.25) is 14.5 Å². The van der Waals surface area contributed by atoms with Crippen LogP contribution in [0.5, 0.6) is 11.5 Å². The van der Waals surface area contributed by atoms with Gasteiger partial charge in [-0.25, -0.2) is 0 Å². The molecular formula is C23H28N2O4. The first-order valence-electron chi connectivity index (χ1n) is 9.94. The van der Waals surface area contributed by atoms with Gasteiger partial charge < -0.3 is 14.8 Å². The third-order valence-electron chi connectivity index (χ3n) is 5.34. The van der Waals surface area contributed by atoms with Crippen molar-refractivity contribution in [2.24, 2.45) is 0 Å². The van der Waals surface area contributed by atoms with E-state index in [1.165, 1.54) is 10.5 Å². The quantitative estimate of drug-likeness (QED) is 0.492. The predicted molar refractivity (Wildman–Crippen MR) is 112 cm³/mol. The minimum absolute atomic E-state index is 0.187. The zero-order chi connectivity index (χ0) is 20.8. The Hall–Kier alpha value is -2.86. The number of carbonyl (C=O) groups excluding carboxylic acids is 2. The molecule has 2 amide bonds. The molecule has 2 aromatic rings. The first-order valence-corrected chi connectivity index (χ1v) is 9.94. The molecular weight excluding hydrogens is 368 g/mol. The average Bonchev–Trinajstić information content (AvgIpc) is 3.00. The number of amides is 2. The molecule has 0 aromatic heterocycles. The van der Waals surface area contributed by atoms with E-state index in [0.717, 1.165) is 37.4 Å². The van der Waals surface area contributed by atoms with Gasteiger partial charge in [0.1, 0.15) is 0 Å². The molecule has 0 radical (unpaired) electrons. The first kappa shape index (κ1) is 20.9. The average molecular weight is 396 g/mol. The van der Waals surface area contributed by atoms with E-state index < -0.39 is 0 Å². The number of hydrogen-bond acceptors (Lipinski definition) is 5. The van der Waals surface area contributed by atoms with Crippen molar-refractivity contribution in [2.45, 2.75) is 25.7 Å². The highest BCUT2D eigenvalue weighted by molar-refractivity contribution is 6.21. The number of carbonyl (C=O) groups is 2. The van der Waals surface area contributed by atoms with E-state index in [1.54, 1.807) is 38.5 Å². The van der Waals surface area contributed by atoms with Gasteiger partial charge in [-0.2, -0.15) is 0 Å². The summed E-state index contributed by atoms with van der Waals surface area (Å²) in [6.07, 6.45) is 1.71. The molecule has 154 valence electrons. The standard InChI is InChI=1S/C23H28N2O4/c1-16(17-9-10-20(28-2)21(15-17)29-3)11-13-24-12-6-14-25-22(26)18-7-4-5-8-19(18)23(25)27/h4-5,7-10,15-16,24H,6,11-14H2,1-3H3. The van der Waals surface area contributed by atoms with Crippen molar-refractivity contribution in [3.8, 4) is 11.5 Å². The van der Waals surface area contributed by atoms with Crippen LogP contribution in [0.25, 0.3) is 0 Å². The molecule has 0 bridgehead atoms. The van der Waals surface area contributed by atoms with Gasteiger partial charge in [-0.15, -0.1) is 0 Å². The Kier molecular flexibility index (Phi) is 6.88. The van der Waals surface area contributed by atoms with Crippen LogP contribution in [0.1, 0.15) is 52.0 Å². The molecule has 0 saturated carbocycles. The number of nitrogens with one attached hydrogen (secondary N) is 1. The third kappa shape index (κ3) is 4.59. The maximum absolute atomic E-state index is 12.3. The molecule has 1 heterocycles. The largest absolute Gasteiger partial charge is 0.493 e. The highest BCUT2D eigenvalue weighted by Crippen LogP contribution is 2.31. The fourth-order valence-corrected chi connectivity index (χ4v) is 3.57. The van der Waals surface area contributed by atoms with Crippen LogP contribution in [0.15, 0.2) is 42.5 Å². The van der Waals surface area contributed by atoms with Gasteiger partial charge in [0.2, 0.25) is 0 Å². The minimum atomic E-state index is -0.187. The maximum atomic E-state index is 12.3. The van der Waals surface area contributed by atoms with Crippen molar-refractivity contribution in [3.63, 3.8) is 0 Å². The van der Waals surface area contributed by atoms with Gasteiger partial charge in [0.25, 0.3) is 11.8 Å². The normalized spacial score (nSPS) is 14.1. The second-order valence-electron chi connectivity index (χ2n) is 7.22. The van der Waals surface area contributed by atoms with Crippen LogP contribution >= 0.6 is 0 Å². The summed E-state index contributed by atoms with van der Waals surface area (Å²) in [5.74, 6) is 1.47. The van der Waals surface area contributed by atoms with Crippen molar-refractivity contribution >= 4 is 11.8 Å². The Morgan fingerprint density at radius 3 is 2.21 bits per heavy atom. The van der Waals surface area contributed by atoms with E-state index in [0.29, 0.717) is 23.6 Å². The van der Waals surface area contributed by atoms with E-state index >= 15 is 0 Å². The second-order valence-corrected chi connectivity index (χ2v) is 7.22. The molecule has 1 atom stereocenters. The van der Waals surface area contributed by atoms with Crippen LogP contribution in [-0.2, 0) is 0 Å². The Morgan fingerprint density at radius 2 is 1.59 bits per heavy atom. The summed E-state index contributed by atoms with van der Waals surface area (Å²) < 4.78 is 10.7. The topological polar surface area (TPSA) is 67.9 Å². The smallest absolute Gasteiger partial charge is 0.261 e. The molecule has 0 fully saturated rings. The van der Waals surface area contributed by atoms with E-state index in [9.17, 15) is 9.59 Å². The molecule has 0 spiro atoms. The van der Waals surface area contributed by atoms with Gasteiger partial charge in [0.15, 0.2) is 11.5 Å². The monoisotopic (exact) mass is 396 g/mol. The molecule has 29 heavy (non-hydrogen) atoms. The van der Waals surface area contributed by atoms with Gasteiger partial charge in [0.05, 0.1) is 25.3 Å². The van der Waals surface area contributed by atoms with E-state index in [1.807, 2.05) is 12.1 Å². The molecule has 1 aliphatic heterocycles. The Morgan fingerprint density at radius 1 is 0.931 bits per heavy atom. The third-order valence-corrected chi connectivity index (χ3v) is 5.34. The van der Waals surface area contributed by atoms with Crippen molar-refractivity contribution in [3.05, 3.63) is 59.2 Å². The molecule has 6 nitrogen and oxygen atoms in total. The van der Waals surface area contributed by atoms with Crippen molar-refractivity contribution < 1.29 is 19.1 Å². The highest BCUT2D eigenvalue weighted by atomic mass is 16.5. The van der Waals surface area contributed by atoms with E-state index in [2.05, 4.69) is 18.3 Å². The lowest BCUT2D eigenvalue weighted by molar-refractivity contribution is 0.0652. The summed E-state index contributed by atoms with van der Waals surface area (Å²) in [6, 6.07) is 13.0. The van der Waals surface area contributed by atoms with Gasteiger partial charge >= 0.3 is 0 Å². The van der Waals surface area contributed by atoms with Crippen LogP contribution in [0.2, 0.25) is 0 Å². The Bertz CT molecular complexity index is 846. The number of fused-ring (bicyclic) bond motifs is 1. The summed E-state index contributed by atoms with van der Waals surface area (Å²) in [5.41, 5.74) is 2.22. The van der Waals surface area contributed by atoms with Crippen molar-refractivity contribution in [1.82, 2.24) is 10.2 Å². The van der Waals surface area contributed by atoms with E-state index in [4.69, 9.17) is 9.47 Å². The fraction of sp³-hybridized carbons (Fsp3) is 0.391. The van der Waals surface area contributed by atoms with Crippen LogP contribution in [-0.4, -0.2) is 50.6 Å². The lowest BCUT2D eigenvalue weighted by Gasteiger charge is -2.16. The minimum Gasteiger partial charge on any atom is -0.493 e. The summed E-state index contributed by atoms with van der Waals surface area (Å²) in [7, 11) is 3.27. The molecule has 1 aliphatic rings. The summed E-state index contributed by atoms with van der Waals surface area (Å²) in [6.45, 7) is 4.23. The zero-order valence-electron chi connectivity index (χ0n) is 17.2. The Labute approximate surface area is 171 Å². The number of methoxy groups -OCH3 is 2. The van der Waals surface area contributed by atoms with Crippen molar-refractivity contribution in [1.29, 1.82) is 0 Å². The number of hydrogen-bond donors (Lipinski definition) is 1. The molecule has 1 unspecified atom stereocenters. The highest BCUT2D eigenvalue weighted by Gasteiger charge is 2.34. The molecule has 0 saturated heterocycles. The number of nitrogens with zero attached hydrogens (tertiary/aromatic N) is 1. The number of imide groups is 1. The number of rotatable bonds is 10. The second kappa shape index (κ2) is 9.56. The first-order chi connectivity index (χ1) is 14.1. The molecule has 2 aromatic carbocycles. The van der Waals surface area contributed by atoms with Crippen molar-refractivity contribution in [2.75, 3.05) is 33.9 Å². The van der Waals surface area contributed by atoms with E-state index in [-0.39, 0.29) is 11.8 Å². The van der Waals surface area contributed by atoms with Crippen LogP contribution in [0.3, 0.4) is 0 Å². The summed E-state index contributed by atoms with van der Waals surface area (Å²) >= 11 is 0. The number of benzene rings is 2. The van der Waals surface area contributed by atoms with Crippen LogP contribution in [0, 0.1) is 0 Å². The molecule has 3 rings (SSSR count).